The van der Waals surface area contributed by atoms with Gasteiger partial charge in [0.15, 0.2) is 0 Å². The Bertz CT molecular complexity index is 714. The highest BCUT2D eigenvalue weighted by molar-refractivity contribution is 5.93. The van der Waals surface area contributed by atoms with Crippen LogP contribution in [0, 0.1) is 0 Å². The molecule has 4 rings (SSSR count). The van der Waals surface area contributed by atoms with Gasteiger partial charge in [-0.2, -0.15) is 0 Å². The molecule has 2 aromatic rings. The highest BCUT2D eigenvalue weighted by Crippen LogP contribution is 2.29. The lowest BCUT2D eigenvalue weighted by molar-refractivity contribution is 0.0534. The van der Waals surface area contributed by atoms with E-state index >= 15 is 0 Å². The number of hydrogen-bond acceptors (Lipinski definition) is 4. The molecule has 0 amide bonds. The van der Waals surface area contributed by atoms with Crippen molar-refractivity contribution in [1.29, 1.82) is 0 Å². The number of hydrogen-bond donors (Lipinski definition) is 1. The molecule has 4 heteroatoms. The summed E-state index contributed by atoms with van der Waals surface area (Å²) in [5, 5.41) is 3.56. The van der Waals surface area contributed by atoms with Crippen LogP contribution in [0.2, 0.25) is 0 Å². The average molecular weight is 309 g/mol. The monoisotopic (exact) mass is 309 g/mol. The van der Waals surface area contributed by atoms with E-state index in [0.717, 1.165) is 30.7 Å². The summed E-state index contributed by atoms with van der Waals surface area (Å²) in [6, 6.07) is 16.3. The molecule has 23 heavy (non-hydrogen) atoms. The average Bonchev–Trinajstić information content (AvgIpc) is 2.93. The third-order valence-electron chi connectivity index (χ3n) is 4.57. The number of benzene rings is 2. The minimum atomic E-state index is -0.238. The normalized spacial score (nSPS) is 22.2. The minimum absolute atomic E-state index is 0.190. The maximum Gasteiger partial charge on any atom is 0.338 e. The van der Waals surface area contributed by atoms with Crippen molar-refractivity contribution in [2.75, 3.05) is 0 Å². The minimum Gasteiger partial charge on any atom is -0.489 e. The lowest BCUT2D eigenvalue weighted by atomic mass is 9.88. The second-order valence-corrected chi connectivity index (χ2v) is 6.10. The van der Waals surface area contributed by atoms with Gasteiger partial charge in [0.2, 0.25) is 0 Å². The van der Waals surface area contributed by atoms with Gasteiger partial charge in [-0.1, -0.05) is 30.3 Å². The fraction of sp³-hybridized carbons (Fsp3) is 0.316. The summed E-state index contributed by atoms with van der Waals surface area (Å²) < 4.78 is 11.1. The van der Waals surface area contributed by atoms with Crippen LogP contribution in [0.4, 0.5) is 0 Å². The Hall–Kier alpha value is -2.33. The molecule has 0 radical (unpaired) electrons. The Morgan fingerprint density at radius 3 is 2.78 bits per heavy atom. The topological polar surface area (TPSA) is 47.6 Å². The Labute approximate surface area is 135 Å². The lowest BCUT2D eigenvalue weighted by Gasteiger charge is -2.37. The zero-order chi connectivity index (χ0) is 15.6. The van der Waals surface area contributed by atoms with E-state index in [-0.39, 0.29) is 12.1 Å². The molecular formula is C19H19NO3. The van der Waals surface area contributed by atoms with E-state index in [4.69, 9.17) is 9.47 Å². The number of rotatable bonds is 5. The number of nitrogens with one attached hydrogen (secondary N) is 1. The number of ether oxygens (including phenoxy) is 2. The fourth-order valence-electron chi connectivity index (χ4n) is 3.05. The predicted octanol–water partition coefficient (Wildman–Crippen LogP) is 3.06. The number of carbonyl (C=O) groups is 1. The second-order valence-electron chi connectivity index (χ2n) is 6.10. The van der Waals surface area contributed by atoms with Gasteiger partial charge in [-0.05, 0) is 36.6 Å². The number of cyclic esters (lactones) is 1. The molecule has 4 nitrogen and oxygen atoms in total. The van der Waals surface area contributed by atoms with E-state index in [1.165, 1.54) is 5.56 Å². The third-order valence-corrected chi connectivity index (χ3v) is 4.57. The first kappa shape index (κ1) is 14.3. The Kier molecular flexibility index (Phi) is 3.75. The fourth-order valence-corrected chi connectivity index (χ4v) is 3.05. The molecule has 1 saturated carbocycles. The maximum atomic E-state index is 11.5. The summed E-state index contributed by atoms with van der Waals surface area (Å²) in [4.78, 5) is 11.5. The van der Waals surface area contributed by atoms with Crippen LogP contribution in [0.25, 0.3) is 0 Å². The first-order valence-electron chi connectivity index (χ1n) is 8.03. The van der Waals surface area contributed by atoms with Gasteiger partial charge in [0.25, 0.3) is 0 Å². The molecule has 1 N–H and O–H groups in total. The first-order chi connectivity index (χ1) is 11.3. The molecular weight excluding hydrogens is 290 g/mol. The zero-order valence-corrected chi connectivity index (χ0v) is 12.8. The highest BCUT2D eigenvalue weighted by Gasteiger charge is 2.32. The van der Waals surface area contributed by atoms with Crippen molar-refractivity contribution in [2.45, 2.75) is 38.1 Å². The van der Waals surface area contributed by atoms with Crippen LogP contribution in [-0.2, 0) is 17.9 Å². The molecule has 1 aliphatic heterocycles. The largest absolute Gasteiger partial charge is 0.489 e. The van der Waals surface area contributed by atoms with Crippen molar-refractivity contribution < 1.29 is 14.3 Å². The maximum absolute atomic E-state index is 11.5. The molecule has 118 valence electrons. The van der Waals surface area contributed by atoms with Gasteiger partial charge in [0.05, 0.1) is 5.56 Å². The summed E-state index contributed by atoms with van der Waals surface area (Å²) in [5.74, 6) is 0.579. The smallest absolute Gasteiger partial charge is 0.338 e. The zero-order valence-electron chi connectivity index (χ0n) is 12.8. The molecule has 1 unspecified atom stereocenters. The van der Waals surface area contributed by atoms with Crippen LogP contribution in [0.1, 0.15) is 34.3 Å². The second kappa shape index (κ2) is 6.05. The molecule has 0 saturated heterocycles. The summed E-state index contributed by atoms with van der Waals surface area (Å²) in [5.41, 5.74) is 2.86. The van der Waals surface area contributed by atoms with Gasteiger partial charge in [-0.15, -0.1) is 0 Å². The van der Waals surface area contributed by atoms with Crippen LogP contribution in [0.15, 0.2) is 48.5 Å². The number of fused-ring (bicyclic) bond motifs is 1. The Morgan fingerprint density at radius 1 is 1.13 bits per heavy atom. The number of carbonyl (C=O) groups excluding carboxylic acids is 1. The highest BCUT2D eigenvalue weighted by atomic mass is 16.5. The summed E-state index contributed by atoms with van der Waals surface area (Å²) in [6.45, 7) is 1.21. The van der Waals surface area contributed by atoms with E-state index < -0.39 is 0 Å². The van der Waals surface area contributed by atoms with Gasteiger partial charge < -0.3 is 14.8 Å². The lowest BCUT2D eigenvalue weighted by Crippen LogP contribution is -2.50. The molecule has 2 aromatic carbocycles. The van der Waals surface area contributed by atoms with Gasteiger partial charge in [-0.3, -0.25) is 0 Å². The number of esters is 1. The van der Waals surface area contributed by atoms with Crippen LogP contribution in [0.3, 0.4) is 0 Å². The molecule has 1 aliphatic carbocycles. The summed E-state index contributed by atoms with van der Waals surface area (Å²) in [7, 11) is 0. The molecule has 0 bridgehead atoms. The van der Waals surface area contributed by atoms with Crippen LogP contribution in [0.5, 0.6) is 5.75 Å². The van der Waals surface area contributed by atoms with Crippen LogP contribution < -0.4 is 10.1 Å². The molecule has 1 heterocycles. The first-order valence-corrected chi connectivity index (χ1v) is 8.03. The molecule has 1 fully saturated rings. The molecule has 2 aliphatic rings. The van der Waals surface area contributed by atoms with E-state index in [9.17, 15) is 4.79 Å². The van der Waals surface area contributed by atoms with Crippen molar-refractivity contribution in [3.63, 3.8) is 0 Å². The van der Waals surface area contributed by atoms with Crippen molar-refractivity contribution in [2.24, 2.45) is 0 Å². The van der Waals surface area contributed by atoms with Crippen LogP contribution in [-0.4, -0.2) is 18.1 Å². The van der Waals surface area contributed by atoms with Crippen molar-refractivity contribution in [1.82, 2.24) is 5.32 Å². The quantitative estimate of drug-likeness (QED) is 0.862. The van der Waals surface area contributed by atoms with Gasteiger partial charge in [-0.25, -0.2) is 4.79 Å². The van der Waals surface area contributed by atoms with E-state index in [2.05, 4.69) is 29.6 Å². The van der Waals surface area contributed by atoms with Crippen molar-refractivity contribution >= 4 is 5.97 Å². The molecule has 0 aromatic heterocycles. The van der Waals surface area contributed by atoms with Gasteiger partial charge >= 0.3 is 5.97 Å². The Morgan fingerprint density at radius 2 is 2.00 bits per heavy atom. The van der Waals surface area contributed by atoms with Crippen molar-refractivity contribution in [3.8, 4) is 5.75 Å². The van der Waals surface area contributed by atoms with E-state index in [0.29, 0.717) is 18.2 Å². The molecule has 0 spiro atoms. The van der Waals surface area contributed by atoms with Gasteiger partial charge in [0, 0.05) is 18.2 Å². The summed E-state index contributed by atoms with van der Waals surface area (Å²) >= 11 is 0. The van der Waals surface area contributed by atoms with Crippen molar-refractivity contribution in [3.05, 3.63) is 65.2 Å². The van der Waals surface area contributed by atoms with E-state index in [1.54, 1.807) is 6.07 Å². The predicted molar refractivity (Wildman–Crippen MR) is 86.3 cm³/mol. The van der Waals surface area contributed by atoms with Crippen LogP contribution >= 0.6 is 0 Å². The standard InChI is InChI=1S/C19H19NO3/c21-19-16-7-6-15(10-14(16)12-22-19)23-18-9-8-17(18)20-11-13-4-2-1-3-5-13/h1-7,10,17-18,20H,8-9,11-12H2/t17?,18-/m1/s1. The summed E-state index contributed by atoms with van der Waals surface area (Å²) in [6.07, 6.45) is 2.37. The SMILES string of the molecule is O=C1OCc2cc(O[C@@H]3CCC3NCc3ccccc3)ccc21. The van der Waals surface area contributed by atoms with E-state index in [1.807, 2.05) is 18.2 Å². The molecule has 2 atom stereocenters. The van der Waals surface area contributed by atoms with Gasteiger partial charge in [0.1, 0.15) is 18.5 Å². The third kappa shape index (κ3) is 2.94. The Balaban J connectivity index is 1.35.